The molecule has 0 aromatic heterocycles. The first kappa shape index (κ1) is 9.83. The predicted octanol–water partition coefficient (Wildman–Crippen LogP) is 1.47. The summed E-state index contributed by atoms with van der Waals surface area (Å²) >= 11 is 0. The van der Waals surface area contributed by atoms with Crippen molar-refractivity contribution in [1.82, 2.24) is 0 Å². The summed E-state index contributed by atoms with van der Waals surface area (Å²) in [4.78, 5) is 10.5. The molecule has 1 aliphatic rings. The average molecular weight is 206 g/mol. The van der Waals surface area contributed by atoms with Crippen molar-refractivity contribution in [1.29, 1.82) is 0 Å². The van der Waals surface area contributed by atoms with Crippen molar-refractivity contribution in [3.63, 3.8) is 0 Å². The lowest BCUT2D eigenvalue weighted by molar-refractivity contribution is -0.136. The predicted molar refractivity (Wildman–Crippen MR) is 58.8 cm³/mol. The van der Waals surface area contributed by atoms with Crippen LogP contribution in [-0.4, -0.2) is 17.1 Å². The molecule has 0 atom stereocenters. The van der Waals surface area contributed by atoms with Gasteiger partial charge in [0.15, 0.2) is 0 Å². The normalized spacial score (nSPS) is 14.9. The molecule has 1 aliphatic carbocycles. The maximum atomic E-state index is 10.5. The molecule has 1 fully saturated rings. The number of nitrogens with one attached hydrogen (secondary N) is 1. The fraction of sp³-hybridized carbons (Fsp3) is 0.364. The summed E-state index contributed by atoms with van der Waals surface area (Å²) in [5, 5.41) is 11.9. The van der Waals surface area contributed by atoms with E-state index in [1.54, 1.807) is 12.1 Å². The molecule has 15 heavy (non-hydrogen) atoms. The van der Waals surface area contributed by atoms with E-state index in [4.69, 9.17) is 10.8 Å². The van der Waals surface area contributed by atoms with Gasteiger partial charge >= 0.3 is 5.97 Å². The Hall–Kier alpha value is -1.71. The number of nitrogens with two attached hydrogens (primary N) is 1. The number of carboxylic acid groups (broad SMARTS) is 1. The van der Waals surface area contributed by atoms with Crippen molar-refractivity contribution in [3.05, 3.63) is 23.8 Å². The maximum Gasteiger partial charge on any atom is 0.307 e. The first-order valence-electron chi connectivity index (χ1n) is 5.02. The fourth-order valence-electron chi connectivity index (χ4n) is 1.48. The third kappa shape index (κ3) is 2.62. The number of anilines is 2. The molecule has 1 saturated carbocycles. The first-order chi connectivity index (χ1) is 7.15. The van der Waals surface area contributed by atoms with Crippen LogP contribution in [0.4, 0.5) is 11.4 Å². The van der Waals surface area contributed by atoms with Gasteiger partial charge in [0.1, 0.15) is 0 Å². The van der Waals surface area contributed by atoms with Gasteiger partial charge in [-0.15, -0.1) is 0 Å². The highest BCUT2D eigenvalue weighted by Gasteiger charge is 2.21. The van der Waals surface area contributed by atoms with Gasteiger partial charge in [-0.3, -0.25) is 4.79 Å². The van der Waals surface area contributed by atoms with Gasteiger partial charge in [0.2, 0.25) is 0 Å². The number of carboxylic acids is 1. The summed E-state index contributed by atoms with van der Waals surface area (Å²) < 4.78 is 0. The van der Waals surface area contributed by atoms with E-state index >= 15 is 0 Å². The molecular weight excluding hydrogens is 192 g/mol. The lowest BCUT2D eigenvalue weighted by Gasteiger charge is -2.09. The van der Waals surface area contributed by atoms with Gasteiger partial charge in [-0.25, -0.2) is 0 Å². The molecule has 0 heterocycles. The summed E-state index contributed by atoms with van der Waals surface area (Å²) in [6, 6.07) is 5.93. The van der Waals surface area contributed by atoms with E-state index in [1.165, 1.54) is 12.8 Å². The minimum Gasteiger partial charge on any atom is -0.481 e. The Kier molecular flexibility index (Phi) is 2.49. The van der Waals surface area contributed by atoms with Crippen molar-refractivity contribution in [2.24, 2.45) is 0 Å². The summed E-state index contributed by atoms with van der Waals surface area (Å²) in [7, 11) is 0. The van der Waals surface area contributed by atoms with Gasteiger partial charge in [0.25, 0.3) is 0 Å². The van der Waals surface area contributed by atoms with Crippen molar-refractivity contribution < 1.29 is 9.90 Å². The van der Waals surface area contributed by atoms with Gasteiger partial charge in [-0.2, -0.15) is 0 Å². The SMILES string of the molecule is Nc1cc(CC(=O)O)ccc1NC1CC1. The summed E-state index contributed by atoms with van der Waals surface area (Å²) in [6.45, 7) is 0. The van der Waals surface area contributed by atoms with Crippen LogP contribution in [0.3, 0.4) is 0 Å². The van der Waals surface area contributed by atoms with Crippen LogP contribution in [-0.2, 0) is 11.2 Å². The average Bonchev–Trinajstić information content (AvgIpc) is 2.92. The third-order valence-electron chi connectivity index (χ3n) is 2.41. The third-order valence-corrected chi connectivity index (χ3v) is 2.41. The lowest BCUT2D eigenvalue weighted by Crippen LogP contribution is -2.06. The monoisotopic (exact) mass is 206 g/mol. The van der Waals surface area contributed by atoms with E-state index in [1.807, 2.05) is 6.07 Å². The fourth-order valence-corrected chi connectivity index (χ4v) is 1.48. The Bertz CT molecular complexity index is 386. The summed E-state index contributed by atoms with van der Waals surface area (Å²) in [6.07, 6.45) is 2.40. The minimum absolute atomic E-state index is 0.0217. The van der Waals surface area contributed by atoms with Gasteiger partial charge < -0.3 is 16.2 Å². The highest BCUT2D eigenvalue weighted by atomic mass is 16.4. The largest absolute Gasteiger partial charge is 0.481 e. The Labute approximate surface area is 88.1 Å². The van der Waals surface area contributed by atoms with Crippen LogP contribution in [0.15, 0.2) is 18.2 Å². The minimum atomic E-state index is -0.836. The number of nitrogen functional groups attached to an aromatic ring is 1. The van der Waals surface area contributed by atoms with E-state index in [0.717, 1.165) is 11.3 Å². The van der Waals surface area contributed by atoms with E-state index in [9.17, 15) is 4.79 Å². The Morgan fingerprint density at radius 2 is 2.27 bits per heavy atom. The van der Waals surface area contributed by atoms with Crippen molar-refractivity contribution >= 4 is 17.3 Å². The number of carbonyl (C=O) groups is 1. The first-order valence-corrected chi connectivity index (χ1v) is 5.02. The maximum absolute atomic E-state index is 10.5. The van der Waals surface area contributed by atoms with E-state index in [2.05, 4.69) is 5.32 Å². The number of rotatable bonds is 4. The number of benzene rings is 1. The summed E-state index contributed by atoms with van der Waals surface area (Å²) in [5.74, 6) is -0.836. The molecule has 0 spiro atoms. The zero-order valence-electron chi connectivity index (χ0n) is 8.36. The zero-order chi connectivity index (χ0) is 10.8. The Morgan fingerprint density at radius 3 is 2.80 bits per heavy atom. The van der Waals surface area contributed by atoms with Gasteiger partial charge in [-0.05, 0) is 30.5 Å². The van der Waals surface area contributed by atoms with Gasteiger partial charge in [0.05, 0.1) is 17.8 Å². The van der Waals surface area contributed by atoms with Crippen LogP contribution in [0.25, 0.3) is 0 Å². The molecule has 4 nitrogen and oxygen atoms in total. The summed E-state index contributed by atoms with van der Waals surface area (Å²) in [5.41, 5.74) is 8.09. The molecule has 80 valence electrons. The number of aliphatic carboxylic acids is 1. The highest BCUT2D eigenvalue weighted by molar-refractivity contribution is 5.73. The van der Waals surface area contributed by atoms with E-state index in [0.29, 0.717) is 11.7 Å². The van der Waals surface area contributed by atoms with Crippen LogP contribution < -0.4 is 11.1 Å². The molecule has 0 radical (unpaired) electrons. The molecule has 4 N–H and O–H groups in total. The van der Waals surface area contributed by atoms with Crippen LogP contribution in [0, 0.1) is 0 Å². The zero-order valence-corrected chi connectivity index (χ0v) is 8.36. The second kappa shape index (κ2) is 3.81. The molecular formula is C11H14N2O2. The standard InChI is InChI=1S/C11H14N2O2/c12-9-5-7(6-11(14)15)1-4-10(9)13-8-2-3-8/h1,4-5,8,13H,2-3,6,12H2,(H,14,15). The van der Waals surface area contributed by atoms with Crippen LogP contribution in [0.2, 0.25) is 0 Å². The molecule has 1 aromatic carbocycles. The molecule has 2 rings (SSSR count). The smallest absolute Gasteiger partial charge is 0.307 e. The molecule has 4 heteroatoms. The molecule has 0 aliphatic heterocycles. The second-order valence-electron chi connectivity index (χ2n) is 3.91. The quantitative estimate of drug-likeness (QED) is 0.652. The Morgan fingerprint density at radius 1 is 1.53 bits per heavy atom. The molecule has 0 amide bonds. The van der Waals surface area contributed by atoms with Gasteiger partial charge in [0, 0.05) is 6.04 Å². The second-order valence-corrected chi connectivity index (χ2v) is 3.91. The van der Waals surface area contributed by atoms with Crippen LogP contribution in [0.1, 0.15) is 18.4 Å². The molecule has 0 saturated heterocycles. The molecule has 0 bridgehead atoms. The van der Waals surface area contributed by atoms with E-state index in [-0.39, 0.29) is 6.42 Å². The number of hydrogen-bond acceptors (Lipinski definition) is 3. The molecule has 0 unspecified atom stereocenters. The van der Waals surface area contributed by atoms with E-state index < -0.39 is 5.97 Å². The van der Waals surface area contributed by atoms with Crippen molar-refractivity contribution in [2.75, 3.05) is 11.1 Å². The van der Waals surface area contributed by atoms with Crippen LogP contribution >= 0.6 is 0 Å². The van der Waals surface area contributed by atoms with Crippen LogP contribution in [0.5, 0.6) is 0 Å². The topological polar surface area (TPSA) is 75.4 Å². The number of hydrogen-bond donors (Lipinski definition) is 3. The van der Waals surface area contributed by atoms with Crippen molar-refractivity contribution in [2.45, 2.75) is 25.3 Å². The Balaban J connectivity index is 2.10. The molecule has 1 aromatic rings. The highest BCUT2D eigenvalue weighted by Crippen LogP contribution is 2.28. The van der Waals surface area contributed by atoms with Gasteiger partial charge in [-0.1, -0.05) is 6.07 Å². The lowest BCUT2D eigenvalue weighted by atomic mass is 10.1. The van der Waals surface area contributed by atoms with Crippen molar-refractivity contribution in [3.8, 4) is 0 Å².